The Morgan fingerprint density at radius 2 is 2.15 bits per heavy atom. The molecule has 0 unspecified atom stereocenters. The predicted molar refractivity (Wildman–Crippen MR) is 74.3 cm³/mol. The third kappa shape index (κ3) is 3.60. The second-order valence-corrected chi connectivity index (χ2v) is 7.09. The Morgan fingerprint density at radius 3 is 2.70 bits per heavy atom. The minimum Gasteiger partial charge on any atom is -0.449 e. The lowest BCUT2D eigenvalue weighted by Crippen LogP contribution is -2.45. The molecule has 0 spiro atoms. The number of rotatable bonds is 5. The number of piperidine rings is 1. The van der Waals surface area contributed by atoms with Gasteiger partial charge >= 0.3 is 0 Å². The van der Waals surface area contributed by atoms with Crippen LogP contribution in [0.4, 0.5) is 0 Å². The van der Waals surface area contributed by atoms with Crippen molar-refractivity contribution in [2.45, 2.75) is 32.4 Å². The van der Waals surface area contributed by atoms with Gasteiger partial charge in [0.2, 0.25) is 15.8 Å². The molecule has 1 fully saturated rings. The largest absolute Gasteiger partial charge is 0.449 e. The zero-order valence-corrected chi connectivity index (χ0v) is 12.3. The standard InChI is InChI=1S/C13H19N3O3S/c1-2-20(17,18)16-7-5-11(6-8-16)15-10-13-4-3-12(9-14)19-13/h3-4,11,15H,2,5-8,10H2,1H3. The number of nitriles is 1. The van der Waals surface area contributed by atoms with Gasteiger partial charge in [0.1, 0.15) is 11.8 Å². The Bertz CT molecular complexity index is 580. The average Bonchev–Trinajstić information content (AvgIpc) is 2.93. The zero-order valence-electron chi connectivity index (χ0n) is 11.5. The van der Waals surface area contributed by atoms with Gasteiger partial charge in [0.15, 0.2) is 0 Å². The Labute approximate surface area is 119 Å². The number of hydrogen-bond acceptors (Lipinski definition) is 5. The highest BCUT2D eigenvalue weighted by atomic mass is 32.2. The van der Waals surface area contributed by atoms with Gasteiger partial charge in [-0.05, 0) is 31.9 Å². The van der Waals surface area contributed by atoms with Gasteiger partial charge in [-0.3, -0.25) is 0 Å². The molecule has 1 aliphatic rings. The van der Waals surface area contributed by atoms with Crippen molar-refractivity contribution in [2.75, 3.05) is 18.8 Å². The van der Waals surface area contributed by atoms with Crippen LogP contribution in [0, 0.1) is 11.3 Å². The smallest absolute Gasteiger partial charge is 0.213 e. The van der Waals surface area contributed by atoms with Gasteiger partial charge < -0.3 is 9.73 Å². The molecule has 20 heavy (non-hydrogen) atoms. The third-order valence-electron chi connectivity index (χ3n) is 3.55. The van der Waals surface area contributed by atoms with E-state index in [2.05, 4.69) is 5.32 Å². The molecule has 0 bridgehead atoms. The highest BCUT2D eigenvalue weighted by molar-refractivity contribution is 7.89. The predicted octanol–water partition coefficient (Wildman–Crippen LogP) is 1.05. The number of nitrogens with one attached hydrogen (secondary N) is 1. The summed E-state index contributed by atoms with van der Waals surface area (Å²) in [7, 11) is -3.06. The van der Waals surface area contributed by atoms with Crippen molar-refractivity contribution in [2.24, 2.45) is 0 Å². The maximum absolute atomic E-state index is 11.7. The molecule has 2 heterocycles. The SMILES string of the molecule is CCS(=O)(=O)N1CCC(NCc2ccc(C#N)o2)CC1. The first-order valence-corrected chi connectivity index (χ1v) is 8.36. The second-order valence-electron chi connectivity index (χ2n) is 4.83. The summed E-state index contributed by atoms with van der Waals surface area (Å²) in [6.07, 6.45) is 1.59. The van der Waals surface area contributed by atoms with Crippen molar-refractivity contribution in [1.29, 1.82) is 5.26 Å². The quantitative estimate of drug-likeness (QED) is 0.878. The molecule has 1 saturated heterocycles. The lowest BCUT2D eigenvalue weighted by molar-refractivity contribution is 0.284. The van der Waals surface area contributed by atoms with Crippen molar-refractivity contribution in [1.82, 2.24) is 9.62 Å². The van der Waals surface area contributed by atoms with Crippen LogP contribution in [-0.4, -0.2) is 37.6 Å². The van der Waals surface area contributed by atoms with Gasteiger partial charge in [0, 0.05) is 19.1 Å². The summed E-state index contributed by atoms with van der Waals surface area (Å²) in [4.78, 5) is 0. The van der Waals surface area contributed by atoms with E-state index in [1.807, 2.05) is 6.07 Å². The van der Waals surface area contributed by atoms with E-state index < -0.39 is 10.0 Å². The molecule has 0 aliphatic carbocycles. The molecule has 0 radical (unpaired) electrons. The molecule has 110 valence electrons. The van der Waals surface area contributed by atoms with Crippen LogP contribution >= 0.6 is 0 Å². The maximum atomic E-state index is 11.7. The lowest BCUT2D eigenvalue weighted by atomic mass is 10.1. The Hall–Kier alpha value is -1.36. The van der Waals surface area contributed by atoms with Crippen LogP contribution in [0.25, 0.3) is 0 Å². The summed E-state index contributed by atoms with van der Waals surface area (Å²) < 4.78 is 30.3. The summed E-state index contributed by atoms with van der Waals surface area (Å²) in [5, 5.41) is 12.0. The van der Waals surface area contributed by atoms with Crippen molar-refractivity contribution < 1.29 is 12.8 Å². The van der Waals surface area contributed by atoms with Gasteiger partial charge in [-0.2, -0.15) is 5.26 Å². The van der Waals surface area contributed by atoms with Crippen molar-refractivity contribution in [3.8, 4) is 6.07 Å². The van der Waals surface area contributed by atoms with Gasteiger partial charge in [-0.15, -0.1) is 0 Å². The van der Waals surface area contributed by atoms with Gasteiger partial charge in [0.25, 0.3) is 0 Å². The fourth-order valence-electron chi connectivity index (χ4n) is 2.30. The van der Waals surface area contributed by atoms with Crippen LogP contribution in [0.3, 0.4) is 0 Å². The van der Waals surface area contributed by atoms with Crippen molar-refractivity contribution in [3.63, 3.8) is 0 Å². The molecule has 0 atom stereocenters. The fraction of sp³-hybridized carbons (Fsp3) is 0.615. The van der Waals surface area contributed by atoms with Crippen LogP contribution in [0.15, 0.2) is 16.5 Å². The van der Waals surface area contributed by atoms with Crippen LogP contribution in [0.2, 0.25) is 0 Å². The van der Waals surface area contributed by atoms with E-state index in [0.717, 1.165) is 18.6 Å². The van der Waals surface area contributed by atoms with Crippen molar-refractivity contribution in [3.05, 3.63) is 23.7 Å². The molecular weight excluding hydrogens is 278 g/mol. The van der Waals surface area contributed by atoms with Crippen LogP contribution in [0.1, 0.15) is 31.3 Å². The molecule has 2 rings (SSSR count). The molecule has 1 N–H and O–H groups in total. The van der Waals surface area contributed by atoms with Gasteiger partial charge in [-0.25, -0.2) is 12.7 Å². The maximum Gasteiger partial charge on any atom is 0.213 e. The fourth-order valence-corrected chi connectivity index (χ4v) is 3.43. The second kappa shape index (κ2) is 6.39. The number of furan rings is 1. The van der Waals surface area contributed by atoms with Crippen LogP contribution in [0.5, 0.6) is 0 Å². The molecular formula is C13H19N3O3S. The minimum atomic E-state index is -3.06. The van der Waals surface area contributed by atoms with E-state index in [0.29, 0.717) is 25.4 Å². The first-order valence-electron chi connectivity index (χ1n) is 6.75. The Balaban J connectivity index is 1.79. The number of nitrogens with zero attached hydrogens (tertiary/aromatic N) is 2. The van der Waals surface area contributed by atoms with Crippen LogP contribution < -0.4 is 5.32 Å². The summed E-state index contributed by atoms with van der Waals surface area (Å²) in [5.74, 6) is 1.20. The number of sulfonamides is 1. The van der Waals surface area contributed by atoms with Gasteiger partial charge in [0.05, 0.1) is 12.3 Å². The molecule has 1 aromatic rings. The van der Waals surface area contributed by atoms with E-state index in [4.69, 9.17) is 9.68 Å². The highest BCUT2D eigenvalue weighted by Crippen LogP contribution is 2.15. The van der Waals surface area contributed by atoms with E-state index in [1.165, 1.54) is 0 Å². The summed E-state index contributed by atoms with van der Waals surface area (Å²) in [6, 6.07) is 5.66. The summed E-state index contributed by atoms with van der Waals surface area (Å²) >= 11 is 0. The normalized spacial score (nSPS) is 18.0. The molecule has 0 amide bonds. The van der Waals surface area contributed by atoms with Gasteiger partial charge in [-0.1, -0.05) is 0 Å². The summed E-state index contributed by atoms with van der Waals surface area (Å²) in [6.45, 7) is 3.36. The van der Waals surface area contributed by atoms with Crippen molar-refractivity contribution >= 4 is 10.0 Å². The molecule has 0 aromatic carbocycles. The first kappa shape index (κ1) is 15.0. The molecule has 1 aromatic heterocycles. The molecule has 1 aliphatic heterocycles. The van der Waals surface area contributed by atoms with E-state index >= 15 is 0 Å². The minimum absolute atomic E-state index is 0.161. The van der Waals surface area contributed by atoms with E-state index in [-0.39, 0.29) is 11.8 Å². The number of hydrogen-bond donors (Lipinski definition) is 1. The molecule has 6 nitrogen and oxygen atoms in total. The summed E-state index contributed by atoms with van der Waals surface area (Å²) in [5.41, 5.74) is 0. The Kier molecular flexibility index (Phi) is 4.81. The lowest BCUT2D eigenvalue weighted by Gasteiger charge is -2.31. The first-order chi connectivity index (χ1) is 9.55. The molecule has 0 saturated carbocycles. The van der Waals surface area contributed by atoms with Crippen LogP contribution in [-0.2, 0) is 16.6 Å². The monoisotopic (exact) mass is 297 g/mol. The van der Waals surface area contributed by atoms with E-state index in [1.54, 1.807) is 23.4 Å². The average molecular weight is 297 g/mol. The zero-order chi connectivity index (χ0) is 14.6. The molecule has 7 heteroatoms. The third-order valence-corrected chi connectivity index (χ3v) is 5.43. The van der Waals surface area contributed by atoms with E-state index in [9.17, 15) is 8.42 Å². The highest BCUT2D eigenvalue weighted by Gasteiger charge is 2.26. The Morgan fingerprint density at radius 1 is 1.45 bits per heavy atom. The topological polar surface area (TPSA) is 86.3 Å².